The van der Waals surface area contributed by atoms with Gasteiger partial charge < -0.3 is 15.4 Å². The Bertz CT molecular complexity index is 880. The maximum Gasteiger partial charge on any atom is 0.228 e. The Hall–Kier alpha value is -2.16. The van der Waals surface area contributed by atoms with Crippen LogP contribution in [0.5, 0.6) is 0 Å². The molecule has 0 radical (unpaired) electrons. The number of rotatable bonds is 9. The van der Waals surface area contributed by atoms with E-state index in [9.17, 15) is 4.79 Å². The van der Waals surface area contributed by atoms with Crippen LogP contribution in [0.25, 0.3) is 0 Å². The summed E-state index contributed by atoms with van der Waals surface area (Å²) in [7, 11) is 0. The zero-order valence-electron chi connectivity index (χ0n) is 19.9. The largest absolute Gasteiger partial charge is 0.361 e. The number of carbonyl (C=O) groups excluding carboxylic acids is 1. The fraction of sp³-hybridized carbons (Fsp3) is 0.545. The van der Waals surface area contributed by atoms with E-state index < -0.39 is 0 Å². The molecule has 0 spiro atoms. The summed E-state index contributed by atoms with van der Waals surface area (Å²) < 4.78 is 5.37. The molecular formula is C22H34Cl2N6O2. The van der Waals surface area contributed by atoms with Crippen LogP contribution in [0.1, 0.15) is 52.7 Å². The highest BCUT2D eigenvalue weighted by Gasteiger charge is 2.19. The minimum atomic E-state index is -0.0384. The van der Waals surface area contributed by atoms with E-state index in [1.54, 1.807) is 11.8 Å². The van der Waals surface area contributed by atoms with Gasteiger partial charge in [0.25, 0.3) is 0 Å². The molecule has 0 atom stereocenters. The molecule has 8 nitrogen and oxygen atoms in total. The molecule has 0 saturated carbocycles. The Morgan fingerprint density at radius 1 is 1.12 bits per heavy atom. The van der Waals surface area contributed by atoms with E-state index >= 15 is 0 Å². The molecule has 2 N–H and O–H groups in total. The Morgan fingerprint density at radius 2 is 1.78 bits per heavy atom. The first-order chi connectivity index (χ1) is 15.1. The lowest BCUT2D eigenvalue weighted by Gasteiger charge is -2.26. The van der Waals surface area contributed by atoms with E-state index in [1.165, 1.54) is 0 Å². The summed E-state index contributed by atoms with van der Waals surface area (Å²) in [6, 6.07) is 4.07. The molecule has 0 unspecified atom stereocenters. The van der Waals surface area contributed by atoms with Crippen molar-refractivity contribution in [1.29, 1.82) is 0 Å². The predicted molar refractivity (Wildman–Crippen MR) is 133 cm³/mol. The molecule has 2 aromatic rings. The quantitative estimate of drug-likeness (QED) is 0.464. The second-order valence-electron chi connectivity index (χ2n) is 7.19. The SMILES string of the molecule is CCNc1nc(Cl)nc(NC(C)C)n1.CCOCN(C(C)=O)c1c(C)ccc(Cl)c1CC. The fourth-order valence-corrected chi connectivity index (χ4v) is 3.29. The summed E-state index contributed by atoms with van der Waals surface area (Å²) in [5, 5.41) is 6.92. The van der Waals surface area contributed by atoms with E-state index in [0.717, 1.165) is 29.8 Å². The number of nitrogens with one attached hydrogen (secondary N) is 2. The number of carbonyl (C=O) groups is 1. The molecule has 1 amide bonds. The monoisotopic (exact) mass is 484 g/mol. The van der Waals surface area contributed by atoms with Gasteiger partial charge in [-0.3, -0.25) is 9.69 Å². The molecule has 0 fully saturated rings. The number of halogens is 2. The van der Waals surface area contributed by atoms with Crippen LogP contribution in [0, 0.1) is 6.92 Å². The zero-order valence-corrected chi connectivity index (χ0v) is 21.4. The molecule has 2 rings (SSSR count). The molecular weight excluding hydrogens is 451 g/mol. The van der Waals surface area contributed by atoms with Crippen molar-refractivity contribution in [3.63, 3.8) is 0 Å². The molecule has 0 aliphatic carbocycles. The van der Waals surface area contributed by atoms with Crippen molar-refractivity contribution in [1.82, 2.24) is 15.0 Å². The van der Waals surface area contributed by atoms with Gasteiger partial charge in [-0.05, 0) is 69.8 Å². The molecule has 1 aromatic heterocycles. The van der Waals surface area contributed by atoms with Gasteiger partial charge in [-0.2, -0.15) is 15.0 Å². The van der Waals surface area contributed by atoms with Crippen LogP contribution in [0.2, 0.25) is 10.3 Å². The average Bonchev–Trinajstić information content (AvgIpc) is 2.70. The topological polar surface area (TPSA) is 92.3 Å². The summed E-state index contributed by atoms with van der Waals surface area (Å²) in [6.45, 7) is 15.0. The van der Waals surface area contributed by atoms with Gasteiger partial charge in [-0.15, -0.1) is 0 Å². The number of nitrogens with zero attached hydrogens (tertiary/aromatic N) is 4. The van der Waals surface area contributed by atoms with Gasteiger partial charge in [0.15, 0.2) is 0 Å². The van der Waals surface area contributed by atoms with Crippen LogP contribution >= 0.6 is 23.2 Å². The first-order valence-corrected chi connectivity index (χ1v) is 11.5. The summed E-state index contributed by atoms with van der Waals surface area (Å²) in [5.74, 6) is 0.954. The van der Waals surface area contributed by atoms with Crippen LogP contribution < -0.4 is 15.5 Å². The highest BCUT2D eigenvalue weighted by molar-refractivity contribution is 6.32. The van der Waals surface area contributed by atoms with Crippen LogP contribution in [0.4, 0.5) is 17.6 Å². The van der Waals surface area contributed by atoms with Crippen molar-refractivity contribution < 1.29 is 9.53 Å². The van der Waals surface area contributed by atoms with Crippen LogP contribution in [0.3, 0.4) is 0 Å². The summed E-state index contributed by atoms with van der Waals surface area (Å²) in [5.41, 5.74) is 2.91. The Kier molecular flexibility index (Phi) is 12.3. The first-order valence-electron chi connectivity index (χ1n) is 10.7. The minimum Gasteiger partial charge on any atom is -0.361 e. The summed E-state index contributed by atoms with van der Waals surface area (Å²) in [4.78, 5) is 25.4. The van der Waals surface area contributed by atoms with Gasteiger partial charge in [-0.1, -0.05) is 24.6 Å². The second-order valence-corrected chi connectivity index (χ2v) is 7.94. The number of hydrogen-bond donors (Lipinski definition) is 2. The third kappa shape index (κ3) is 8.76. The summed E-state index contributed by atoms with van der Waals surface area (Å²) in [6.07, 6.45) is 0.783. The number of hydrogen-bond acceptors (Lipinski definition) is 7. The Labute approximate surface area is 201 Å². The van der Waals surface area contributed by atoms with Gasteiger partial charge in [-0.25, -0.2) is 0 Å². The number of aromatic nitrogens is 3. The number of anilines is 3. The third-order valence-corrected chi connectivity index (χ3v) is 4.74. The smallest absolute Gasteiger partial charge is 0.228 e. The van der Waals surface area contributed by atoms with Crippen molar-refractivity contribution in [3.8, 4) is 0 Å². The molecule has 0 aliphatic heterocycles. The highest BCUT2D eigenvalue weighted by Crippen LogP contribution is 2.31. The Morgan fingerprint density at radius 3 is 2.31 bits per heavy atom. The van der Waals surface area contributed by atoms with E-state index in [-0.39, 0.29) is 24.0 Å². The number of aryl methyl sites for hydroxylation is 1. The lowest BCUT2D eigenvalue weighted by molar-refractivity contribution is -0.117. The molecule has 0 saturated heterocycles. The fourth-order valence-electron chi connectivity index (χ4n) is 2.85. The molecule has 10 heteroatoms. The molecule has 0 bridgehead atoms. The highest BCUT2D eigenvalue weighted by atomic mass is 35.5. The lowest BCUT2D eigenvalue weighted by atomic mass is 10.0. The van der Waals surface area contributed by atoms with Crippen LogP contribution in [-0.2, 0) is 16.0 Å². The van der Waals surface area contributed by atoms with Gasteiger partial charge in [0.05, 0.1) is 5.69 Å². The molecule has 1 heterocycles. The van der Waals surface area contributed by atoms with E-state index in [0.29, 0.717) is 23.5 Å². The Balaban J connectivity index is 0.000000330. The molecule has 1 aromatic carbocycles. The van der Waals surface area contributed by atoms with Gasteiger partial charge in [0.2, 0.25) is 23.1 Å². The van der Waals surface area contributed by atoms with Gasteiger partial charge in [0, 0.05) is 31.1 Å². The van der Waals surface area contributed by atoms with Crippen molar-refractivity contribution in [2.75, 3.05) is 35.4 Å². The van der Waals surface area contributed by atoms with E-state index in [1.807, 2.05) is 53.7 Å². The second kappa shape index (κ2) is 14.1. The molecule has 178 valence electrons. The first kappa shape index (κ1) is 27.9. The number of ether oxygens (including phenoxy) is 1. The number of amides is 1. The van der Waals surface area contributed by atoms with Gasteiger partial charge >= 0.3 is 0 Å². The molecule has 32 heavy (non-hydrogen) atoms. The zero-order chi connectivity index (χ0) is 24.3. The molecule has 0 aliphatic rings. The third-order valence-electron chi connectivity index (χ3n) is 4.22. The average molecular weight is 485 g/mol. The normalized spacial score (nSPS) is 10.4. The van der Waals surface area contributed by atoms with Crippen molar-refractivity contribution in [2.45, 2.75) is 60.9 Å². The maximum absolute atomic E-state index is 11.8. The van der Waals surface area contributed by atoms with Crippen molar-refractivity contribution in [2.24, 2.45) is 0 Å². The van der Waals surface area contributed by atoms with Crippen LogP contribution in [0.15, 0.2) is 12.1 Å². The predicted octanol–water partition coefficient (Wildman–Crippen LogP) is 5.33. The maximum atomic E-state index is 11.8. The van der Waals surface area contributed by atoms with Crippen molar-refractivity contribution >= 4 is 46.7 Å². The standard InChI is InChI=1S/C14H20ClNO2.C8H14ClN5/c1-5-12-13(15)8-7-10(3)14(12)16(11(4)17)9-18-6-2;1-4-10-7-12-6(9)13-8(14-7)11-5(2)3/h7-8H,5-6,9H2,1-4H3;5H,4H2,1-3H3,(H2,10,11,12,13,14). The minimum absolute atomic E-state index is 0.0384. The van der Waals surface area contributed by atoms with Crippen LogP contribution in [-0.4, -0.2) is 46.8 Å². The van der Waals surface area contributed by atoms with Crippen molar-refractivity contribution in [3.05, 3.63) is 33.6 Å². The van der Waals surface area contributed by atoms with E-state index in [2.05, 4.69) is 25.6 Å². The van der Waals surface area contributed by atoms with Gasteiger partial charge in [0.1, 0.15) is 6.73 Å². The number of benzene rings is 1. The summed E-state index contributed by atoms with van der Waals surface area (Å²) >= 11 is 11.9. The van der Waals surface area contributed by atoms with E-state index in [4.69, 9.17) is 27.9 Å². The lowest BCUT2D eigenvalue weighted by Crippen LogP contribution is -2.32.